The summed E-state index contributed by atoms with van der Waals surface area (Å²) in [5.74, 6) is 0. The van der Waals surface area contributed by atoms with Crippen LogP contribution < -0.4 is 0 Å². The quantitative estimate of drug-likeness (QED) is 0.675. The van der Waals surface area contributed by atoms with E-state index in [1.807, 2.05) is 0 Å². The first kappa shape index (κ1) is 11.6. The van der Waals surface area contributed by atoms with Gasteiger partial charge in [-0.25, -0.2) is 0 Å². The van der Waals surface area contributed by atoms with E-state index in [4.69, 9.17) is 16.9 Å². The molecule has 0 fully saturated rings. The van der Waals surface area contributed by atoms with Gasteiger partial charge in [0.05, 0.1) is 16.7 Å². The zero-order valence-electron chi connectivity index (χ0n) is 7.35. The van der Waals surface area contributed by atoms with Crippen molar-refractivity contribution in [3.63, 3.8) is 0 Å². The van der Waals surface area contributed by atoms with Crippen LogP contribution in [0, 0.1) is 11.3 Å². The Labute approximate surface area is 89.4 Å². The molecule has 15 heavy (non-hydrogen) atoms. The lowest BCUT2D eigenvalue weighted by Crippen LogP contribution is -2.04. The molecule has 78 valence electrons. The highest BCUT2D eigenvalue weighted by Gasteiger charge is 2.29. The van der Waals surface area contributed by atoms with Crippen molar-refractivity contribution in [2.45, 2.75) is 6.18 Å². The molecule has 0 N–H and O–H groups in total. The highest BCUT2D eigenvalue weighted by atomic mass is 35.5. The number of alkyl halides is 3. The molecule has 0 amide bonds. The second kappa shape index (κ2) is 4.37. The molecule has 0 aromatic heterocycles. The molecule has 0 unspecified atom stereocenters. The fraction of sp³-hybridized carbons (Fsp3) is 0.100. The zero-order valence-corrected chi connectivity index (χ0v) is 8.10. The fourth-order valence-electron chi connectivity index (χ4n) is 0.958. The lowest BCUT2D eigenvalue weighted by Gasteiger charge is -2.06. The summed E-state index contributed by atoms with van der Waals surface area (Å²) in [6, 6.07) is 5.98. The van der Waals surface area contributed by atoms with Gasteiger partial charge in [-0.2, -0.15) is 18.4 Å². The summed E-state index contributed by atoms with van der Waals surface area (Å²) in [7, 11) is 0. The number of nitriles is 1. The van der Waals surface area contributed by atoms with Gasteiger partial charge in [0.25, 0.3) is 0 Å². The van der Waals surface area contributed by atoms with Crippen molar-refractivity contribution >= 4 is 16.6 Å². The normalized spacial score (nSPS) is 12.3. The first-order valence-electron chi connectivity index (χ1n) is 3.88. The van der Waals surface area contributed by atoms with Gasteiger partial charge < -0.3 is 0 Å². The summed E-state index contributed by atoms with van der Waals surface area (Å²) in [4.78, 5) is 0. The Morgan fingerprint density at radius 2 is 1.80 bits per heavy atom. The van der Waals surface area contributed by atoms with Crippen molar-refractivity contribution in [2.24, 2.45) is 0 Å². The van der Waals surface area contributed by atoms with Crippen LogP contribution in [0.25, 0.3) is 5.03 Å². The molecule has 1 rings (SSSR count). The lowest BCUT2D eigenvalue weighted by molar-refractivity contribution is -0.137. The van der Waals surface area contributed by atoms with Crippen LogP contribution in [0.5, 0.6) is 0 Å². The van der Waals surface area contributed by atoms with E-state index in [2.05, 4.69) is 0 Å². The molecule has 0 aliphatic carbocycles. The lowest BCUT2D eigenvalue weighted by atomic mass is 10.1. The van der Waals surface area contributed by atoms with E-state index in [1.54, 1.807) is 6.07 Å². The minimum Gasteiger partial charge on any atom is -0.193 e. The van der Waals surface area contributed by atoms with E-state index in [-0.39, 0.29) is 5.03 Å². The molecule has 0 saturated carbocycles. The molecular weight excluding hydrogens is 227 g/mol. The molecule has 1 aromatic rings. The Balaban J connectivity index is 3.02. The predicted octanol–water partition coefficient (Wildman–Crippen LogP) is 3.81. The maximum atomic E-state index is 12.2. The molecule has 1 nitrogen and oxygen atoms in total. The monoisotopic (exact) mass is 231 g/mol. The van der Waals surface area contributed by atoms with Gasteiger partial charge >= 0.3 is 6.18 Å². The van der Waals surface area contributed by atoms with Crippen LogP contribution in [0.2, 0.25) is 0 Å². The summed E-state index contributed by atoms with van der Waals surface area (Å²) in [5, 5.41) is 8.41. The standard InChI is InChI=1S/C10H5ClF3N/c11-9(5-6-15)7-1-3-8(4-2-7)10(12,13)14/h1-5H. The third-order valence-corrected chi connectivity index (χ3v) is 2.01. The molecule has 5 heteroatoms. The number of nitrogens with zero attached hydrogens (tertiary/aromatic N) is 1. The Kier molecular flexibility index (Phi) is 3.38. The van der Waals surface area contributed by atoms with Crippen molar-refractivity contribution in [1.29, 1.82) is 5.26 Å². The third-order valence-electron chi connectivity index (χ3n) is 1.68. The van der Waals surface area contributed by atoms with Crippen LogP contribution in [-0.4, -0.2) is 0 Å². The van der Waals surface area contributed by atoms with Crippen molar-refractivity contribution in [1.82, 2.24) is 0 Å². The number of halogens is 4. The Hall–Kier alpha value is -1.47. The molecule has 0 radical (unpaired) electrons. The van der Waals surface area contributed by atoms with E-state index in [1.165, 1.54) is 12.1 Å². The Morgan fingerprint density at radius 3 is 2.20 bits per heavy atom. The first-order chi connectivity index (χ1) is 6.95. The highest BCUT2D eigenvalue weighted by molar-refractivity contribution is 6.48. The molecule has 0 spiro atoms. The van der Waals surface area contributed by atoms with Crippen LogP contribution >= 0.6 is 11.6 Å². The van der Waals surface area contributed by atoms with Gasteiger partial charge in [0, 0.05) is 6.08 Å². The molecule has 0 heterocycles. The summed E-state index contributed by atoms with van der Waals surface area (Å²) in [6.07, 6.45) is -3.30. The SMILES string of the molecule is N#CC=C(Cl)c1ccc(C(F)(F)F)cc1. The van der Waals surface area contributed by atoms with Gasteiger partial charge in [0.15, 0.2) is 0 Å². The number of allylic oxidation sites excluding steroid dienone is 1. The second-order valence-corrected chi connectivity index (χ2v) is 3.10. The summed E-state index contributed by atoms with van der Waals surface area (Å²) < 4.78 is 36.5. The number of benzene rings is 1. The third kappa shape index (κ3) is 3.00. The van der Waals surface area contributed by atoms with Gasteiger partial charge in [-0.1, -0.05) is 23.7 Å². The second-order valence-electron chi connectivity index (χ2n) is 2.70. The number of hydrogen-bond donors (Lipinski definition) is 0. The van der Waals surface area contributed by atoms with Crippen LogP contribution in [-0.2, 0) is 6.18 Å². The van der Waals surface area contributed by atoms with Crippen LogP contribution in [0.15, 0.2) is 30.3 Å². The van der Waals surface area contributed by atoms with Crippen LogP contribution in [0.4, 0.5) is 13.2 Å². The van der Waals surface area contributed by atoms with Gasteiger partial charge in [0.1, 0.15) is 0 Å². The van der Waals surface area contributed by atoms with E-state index >= 15 is 0 Å². The van der Waals surface area contributed by atoms with E-state index in [9.17, 15) is 13.2 Å². The summed E-state index contributed by atoms with van der Waals surface area (Å²) in [5.41, 5.74) is -0.362. The minimum absolute atomic E-state index is 0.117. The molecule has 0 aliphatic rings. The van der Waals surface area contributed by atoms with E-state index in [0.717, 1.165) is 18.2 Å². The van der Waals surface area contributed by atoms with E-state index in [0.29, 0.717) is 5.56 Å². The maximum Gasteiger partial charge on any atom is 0.416 e. The zero-order chi connectivity index (χ0) is 11.5. The highest BCUT2D eigenvalue weighted by Crippen LogP contribution is 2.30. The van der Waals surface area contributed by atoms with Crippen LogP contribution in [0.1, 0.15) is 11.1 Å². The number of hydrogen-bond acceptors (Lipinski definition) is 1. The predicted molar refractivity (Wildman–Crippen MR) is 50.9 cm³/mol. The van der Waals surface area contributed by atoms with Crippen molar-refractivity contribution in [2.75, 3.05) is 0 Å². The van der Waals surface area contributed by atoms with Crippen molar-refractivity contribution < 1.29 is 13.2 Å². The molecular formula is C10H5ClF3N. The van der Waals surface area contributed by atoms with Gasteiger partial charge in [-0.3, -0.25) is 0 Å². The maximum absolute atomic E-state index is 12.2. The smallest absolute Gasteiger partial charge is 0.193 e. The Morgan fingerprint density at radius 1 is 1.27 bits per heavy atom. The van der Waals surface area contributed by atoms with Crippen molar-refractivity contribution in [3.05, 3.63) is 41.5 Å². The van der Waals surface area contributed by atoms with Crippen LogP contribution in [0.3, 0.4) is 0 Å². The largest absolute Gasteiger partial charge is 0.416 e. The minimum atomic E-state index is -4.36. The van der Waals surface area contributed by atoms with Gasteiger partial charge in [-0.05, 0) is 17.7 Å². The topological polar surface area (TPSA) is 23.8 Å². The Bertz CT molecular complexity index is 412. The summed E-state index contributed by atoms with van der Waals surface area (Å²) in [6.45, 7) is 0. The number of rotatable bonds is 1. The molecule has 1 aromatic carbocycles. The van der Waals surface area contributed by atoms with Crippen molar-refractivity contribution in [3.8, 4) is 6.07 Å². The van der Waals surface area contributed by atoms with E-state index < -0.39 is 11.7 Å². The molecule has 0 atom stereocenters. The molecule has 0 bridgehead atoms. The molecule has 0 aliphatic heterocycles. The fourth-order valence-corrected chi connectivity index (χ4v) is 1.13. The first-order valence-corrected chi connectivity index (χ1v) is 4.26. The molecule has 0 saturated heterocycles. The summed E-state index contributed by atoms with van der Waals surface area (Å²) >= 11 is 5.63. The van der Waals surface area contributed by atoms with Gasteiger partial charge in [-0.15, -0.1) is 0 Å². The average molecular weight is 232 g/mol. The average Bonchev–Trinajstić information content (AvgIpc) is 2.17. The van der Waals surface area contributed by atoms with Gasteiger partial charge in [0.2, 0.25) is 0 Å².